The van der Waals surface area contributed by atoms with E-state index in [9.17, 15) is 4.79 Å². The van der Waals surface area contributed by atoms with Crippen LogP contribution in [0, 0.1) is 5.41 Å². The van der Waals surface area contributed by atoms with E-state index in [0.29, 0.717) is 6.54 Å². The Balaban J connectivity index is 2.22. The molecule has 1 saturated carbocycles. The van der Waals surface area contributed by atoms with Crippen molar-refractivity contribution in [2.24, 2.45) is 5.41 Å². The number of carbonyl (C=O) groups is 1. The topological polar surface area (TPSA) is 61.4 Å². The third kappa shape index (κ3) is 2.67. The van der Waals surface area contributed by atoms with Crippen LogP contribution in [0.1, 0.15) is 19.8 Å². The second-order valence-electron chi connectivity index (χ2n) is 3.89. The summed E-state index contributed by atoms with van der Waals surface area (Å²) in [4.78, 5) is 11.3. The van der Waals surface area contributed by atoms with Gasteiger partial charge in [-0.15, -0.1) is 0 Å². The Hall–Kier alpha value is -0.610. The molecular weight excluding hydrogens is 168 g/mol. The van der Waals surface area contributed by atoms with E-state index in [1.54, 1.807) is 7.05 Å². The maximum atomic E-state index is 11.3. The molecule has 0 radical (unpaired) electrons. The van der Waals surface area contributed by atoms with Crippen LogP contribution in [-0.2, 0) is 4.79 Å². The minimum absolute atomic E-state index is 0.00206. The fraction of sp³-hybridized carbons (Fsp3) is 0.889. The lowest BCUT2D eigenvalue weighted by Gasteiger charge is -2.15. The predicted molar refractivity (Wildman–Crippen MR) is 50.3 cm³/mol. The molecular formula is C9H18N2O2. The number of nitrogens with one attached hydrogen (secondary N) is 2. The fourth-order valence-corrected chi connectivity index (χ4v) is 1.13. The zero-order chi connectivity index (χ0) is 9.90. The summed E-state index contributed by atoms with van der Waals surface area (Å²) in [6.45, 7) is 2.60. The molecule has 13 heavy (non-hydrogen) atoms. The third-order valence-electron chi connectivity index (χ3n) is 2.76. The van der Waals surface area contributed by atoms with E-state index in [1.807, 2.05) is 6.92 Å². The highest BCUT2D eigenvalue weighted by Gasteiger charge is 2.42. The van der Waals surface area contributed by atoms with Crippen molar-refractivity contribution >= 4 is 5.91 Å². The van der Waals surface area contributed by atoms with Crippen molar-refractivity contribution in [2.75, 3.05) is 20.2 Å². The van der Waals surface area contributed by atoms with Gasteiger partial charge in [0, 0.05) is 12.0 Å². The second kappa shape index (κ2) is 4.07. The Bertz CT molecular complexity index is 190. The van der Waals surface area contributed by atoms with Crippen LogP contribution in [0.4, 0.5) is 0 Å². The molecule has 0 heterocycles. The molecule has 4 heteroatoms. The Kier molecular flexibility index (Phi) is 3.27. The Labute approximate surface area is 78.7 Å². The molecule has 0 bridgehead atoms. The lowest BCUT2D eigenvalue weighted by atomic mass is 10.1. The van der Waals surface area contributed by atoms with E-state index in [4.69, 9.17) is 5.11 Å². The van der Waals surface area contributed by atoms with E-state index < -0.39 is 0 Å². The molecule has 1 aliphatic carbocycles. The summed E-state index contributed by atoms with van der Waals surface area (Å²) in [5.74, 6) is 0.00206. The number of aliphatic hydroxyl groups excluding tert-OH is 1. The van der Waals surface area contributed by atoms with Crippen LogP contribution in [0.25, 0.3) is 0 Å². The molecule has 1 atom stereocenters. The van der Waals surface area contributed by atoms with Gasteiger partial charge < -0.3 is 15.7 Å². The van der Waals surface area contributed by atoms with Crippen LogP contribution >= 0.6 is 0 Å². The second-order valence-corrected chi connectivity index (χ2v) is 3.89. The van der Waals surface area contributed by atoms with Crippen LogP contribution < -0.4 is 10.6 Å². The van der Waals surface area contributed by atoms with Gasteiger partial charge in [-0.3, -0.25) is 4.79 Å². The van der Waals surface area contributed by atoms with Crippen molar-refractivity contribution < 1.29 is 9.90 Å². The molecule has 1 aliphatic rings. The van der Waals surface area contributed by atoms with Crippen LogP contribution in [0.2, 0.25) is 0 Å². The molecule has 1 fully saturated rings. The minimum Gasteiger partial charge on any atom is -0.396 e. The first kappa shape index (κ1) is 10.5. The van der Waals surface area contributed by atoms with Gasteiger partial charge in [0.15, 0.2) is 0 Å². The standard InChI is InChI=1S/C9H18N2O2/c1-7(10-2)8(13)11-5-9(6-12)3-4-9/h7,10,12H,3-6H2,1-2H3,(H,11,13). The number of hydrogen-bond donors (Lipinski definition) is 3. The minimum atomic E-state index is -0.158. The molecule has 0 aromatic heterocycles. The third-order valence-corrected chi connectivity index (χ3v) is 2.76. The van der Waals surface area contributed by atoms with Gasteiger partial charge in [-0.25, -0.2) is 0 Å². The summed E-state index contributed by atoms with van der Waals surface area (Å²) in [5, 5.41) is 14.7. The predicted octanol–water partition coefficient (Wildman–Crippen LogP) is -0.517. The highest BCUT2D eigenvalue weighted by molar-refractivity contribution is 5.81. The van der Waals surface area contributed by atoms with Gasteiger partial charge in [-0.2, -0.15) is 0 Å². The molecule has 76 valence electrons. The Morgan fingerprint density at radius 3 is 2.62 bits per heavy atom. The number of aliphatic hydroxyl groups is 1. The van der Waals surface area contributed by atoms with Gasteiger partial charge in [-0.05, 0) is 26.8 Å². The van der Waals surface area contributed by atoms with Crippen molar-refractivity contribution in [3.63, 3.8) is 0 Å². The Morgan fingerprint density at radius 1 is 1.62 bits per heavy atom. The average molecular weight is 186 g/mol. The number of amides is 1. The van der Waals surface area contributed by atoms with E-state index in [2.05, 4.69) is 10.6 Å². The van der Waals surface area contributed by atoms with Gasteiger partial charge >= 0.3 is 0 Å². The fourth-order valence-electron chi connectivity index (χ4n) is 1.13. The summed E-state index contributed by atoms with van der Waals surface area (Å²) >= 11 is 0. The van der Waals surface area contributed by atoms with Crippen LogP contribution in [0.3, 0.4) is 0 Å². The van der Waals surface area contributed by atoms with E-state index in [1.165, 1.54) is 0 Å². The molecule has 0 aliphatic heterocycles. The number of rotatable bonds is 5. The highest BCUT2D eigenvalue weighted by atomic mass is 16.3. The Morgan fingerprint density at radius 2 is 2.23 bits per heavy atom. The zero-order valence-corrected chi connectivity index (χ0v) is 8.26. The van der Waals surface area contributed by atoms with Gasteiger partial charge in [0.05, 0.1) is 12.6 Å². The molecule has 1 rings (SSSR count). The summed E-state index contributed by atoms with van der Waals surface area (Å²) in [7, 11) is 1.75. The SMILES string of the molecule is CNC(C)C(=O)NCC1(CO)CC1. The molecule has 0 aromatic carbocycles. The number of hydrogen-bond acceptors (Lipinski definition) is 3. The quantitative estimate of drug-likeness (QED) is 0.541. The molecule has 1 unspecified atom stereocenters. The van der Waals surface area contributed by atoms with Crippen molar-refractivity contribution in [3.8, 4) is 0 Å². The number of likely N-dealkylation sites (N-methyl/N-ethyl adjacent to an activating group) is 1. The van der Waals surface area contributed by atoms with Crippen LogP contribution in [-0.4, -0.2) is 37.3 Å². The van der Waals surface area contributed by atoms with E-state index in [0.717, 1.165) is 12.8 Å². The molecule has 0 aromatic rings. The molecule has 1 amide bonds. The molecule has 0 saturated heterocycles. The monoisotopic (exact) mass is 186 g/mol. The largest absolute Gasteiger partial charge is 0.396 e. The van der Waals surface area contributed by atoms with Gasteiger partial charge in [-0.1, -0.05) is 0 Å². The summed E-state index contributed by atoms with van der Waals surface area (Å²) in [6, 6.07) is -0.158. The molecule has 3 N–H and O–H groups in total. The summed E-state index contributed by atoms with van der Waals surface area (Å²) < 4.78 is 0. The smallest absolute Gasteiger partial charge is 0.236 e. The lowest BCUT2D eigenvalue weighted by Crippen LogP contribution is -2.43. The number of carbonyl (C=O) groups excluding carboxylic acids is 1. The van der Waals surface area contributed by atoms with Crippen LogP contribution in [0.15, 0.2) is 0 Å². The first-order chi connectivity index (χ1) is 6.13. The molecule has 4 nitrogen and oxygen atoms in total. The van der Waals surface area contributed by atoms with Crippen LogP contribution in [0.5, 0.6) is 0 Å². The lowest BCUT2D eigenvalue weighted by molar-refractivity contribution is -0.122. The molecule has 0 spiro atoms. The summed E-state index contributed by atoms with van der Waals surface area (Å²) in [5.41, 5.74) is 0.00310. The first-order valence-electron chi connectivity index (χ1n) is 4.69. The van der Waals surface area contributed by atoms with Gasteiger partial charge in [0.2, 0.25) is 5.91 Å². The average Bonchev–Trinajstić information content (AvgIpc) is 2.93. The maximum absolute atomic E-state index is 11.3. The van der Waals surface area contributed by atoms with E-state index >= 15 is 0 Å². The summed E-state index contributed by atoms with van der Waals surface area (Å²) in [6.07, 6.45) is 2.05. The normalized spacial score (nSPS) is 20.8. The van der Waals surface area contributed by atoms with Crippen molar-refractivity contribution in [1.82, 2.24) is 10.6 Å². The zero-order valence-electron chi connectivity index (χ0n) is 8.26. The van der Waals surface area contributed by atoms with Crippen molar-refractivity contribution in [3.05, 3.63) is 0 Å². The van der Waals surface area contributed by atoms with Gasteiger partial charge in [0.25, 0.3) is 0 Å². The van der Waals surface area contributed by atoms with E-state index in [-0.39, 0.29) is 24.0 Å². The first-order valence-corrected chi connectivity index (χ1v) is 4.69. The highest BCUT2D eigenvalue weighted by Crippen LogP contribution is 2.44. The van der Waals surface area contributed by atoms with Crippen molar-refractivity contribution in [2.45, 2.75) is 25.8 Å². The maximum Gasteiger partial charge on any atom is 0.236 e. The van der Waals surface area contributed by atoms with Crippen molar-refractivity contribution in [1.29, 1.82) is 0 Å². The van der Waals surface area contributed by atoms with Gasteiger partial charge in [0.1, 0.15) is 0 Å².